The van der Waals surface area contributed by atoms with Gasteiger partial charge in [-0.25, -0.2) is 18.1 Å². The number of aromatic amines is 1. The number of nitrogens with one attached hydrogen (secondary N) is 3. The molecular formula is C21H28N4O4S. The zero-order valence-electron chi connectivity index (χ0n) is 17.3. The highest BCUT2D eigenvalue weighted by atomic mass is 32.2. The molecule has 3 rings (SSSR count). The molecule has 8 nitrogen and oxygen atoms in total. The minimum atomic E-state index is -3.72. The number of carbonyl (C=O) groups excluding carboxylic acids is 1. The Kier molecular flexibility index (Phi) is 7.04. The number of carbonyl (C=O) groups is 1. The second kappa shape index (κ2) is 9.53. The predicted octanol–water partition coefficient (Wildman–Crippen LogP) is 2.44. The van der Waals surface area contributed by atoms with E-state index in [1.54, 1.807) is 24.3 Å². The van der Waals surface area contributed by atoms with Crippen LogP contribution < -0.4 is 15.6 Å². The third-order valence-corrected chi connectivity index (χ3v) is 6.59. The van der Waals surface area contributed by atoms with E-state index < -0.39 is 21.7 Å². The molecule has 0 saturated heterocycles. The second-order valence-corrected chi connectivity index (χ2v) is 9.66. The Morgan fingerprint density at radius 2 is 1.93 bits per heavy atom. The summed E-state index contributed by atoms with van der Waals surface area (Å²) in [4.78, 5) is 31.2. The molecule has 9 heteroatoms. The Hall–Kier alpha value is -2.52. The number of H-pyrrole nitrogens is 1. The van der Waals surface area contributed by atoms with Crippen LogP contribution in [-0.4, -0.2) is 36.1 Å². The summed E-state index contributed by atoms with van der Waals surface area (Å²) in [6.07, 6.45) is 4.19. The summed E-state index contributed by atoms with van der Waals surface area (Å²) in [5.41, 5.74) is 1.47. The van der Waals surface area contributed by atoms with Crippen LogP contribution in [0, 0.1) is 5.92 Å². The molecule has 1 amide bonds. The smallest absolute Gasteiger partial charge is 0.251 e. The van der Waals surface area contributed by atoms with Crippen LogP contribution in [0.25, 0.3) is 11.4 Å². The van der Waals surface area contributed by atoms with Gasteiger partial charge < -0.3 is 10.3 Å². The van der Waals surface area contributed by atoms with Crippen LogP contribution in [-0.2, 0) is 21.2 Å². The number of aryl methyl sites for hydroxylation is 1. The lowest BCUT2D eigenvalue weighted by Gasteiger charge is -2.26. The summed E-state index contributed by atoms with van der Waals surface area (Å²) in [5, 5.41) is 2.62. The van der Waals surface area contributed by atoms with Gasteiger partial charge in [-0.3, -0.25) is 9.59 Å². The fourth-order valence-electron chi connectivity index (χ4n) is 3.61. The van der Waals surface area contributed by atoms with Crippen molar-refractivity contribution in [3.8, 4) is 11.4 Å². The second-order valence-electron chi connectivity index (χ2n) is 7.90. The number of rotatable bonds is 7. The average molecular weight is 433 g/mol. The number of nitrogens with zero attached hydrogens (tertiary/aromatic N) is 1. The fourth-order valence-corrected chi connectivity index (χ4v) is 4.86. The van der Waals surface area contributed by atoms with E-state index in [1.807, 2.05) is 6.92 Å². The minimum Gasteiger partial charge on any atom is -0.325 e. The van der Waals surface area contributed by atoms with Crippen LogP contribution in [0.15, 0.2) is 35.1 Å². The third kappa shape index (κ3) is 6.24. The summed E-state index contributed by atoms with van der Waals surface area (Å²) in [6.45, 7) is 4.07. The lowest BCUT2D eigenvalue weighted by Crippen LogP contribution is -2.41. The van der Waals surface area contributed by atoms with Gasteiger partial charge in [-0.1, -0.05) is 26.0 Å². The molecule has 0 unspecified atom stereocenters. The van der Waals surface area contributed by atoms with Gasteiger partial charge in [0.05, 0.1) is 0 Å². The quantitative estimate of drug-likeness (QED) is 0.620. The van der Waals surface area contributed by atoms with Gasteiger partial charge >= 0.3 is 0 Å². The average Bonchev–Trinajstić information content (AvgIpc) is 2.68. The molecule has 0 radical (unpaired) electrons. The van der Waals surface area contributed by atoms with Gasteiger partial charge in [0.1, 0.15) is 11.6 Å². The van der Waals surface area contributed by atoms with Gasteiger partial charge in [0, 0.05) is 29.1 Å². The van der Waals surface area contributed by atoms with Crippen molar-refractivity contribution in [2.45, 2.75) is 52.0 Å². The molecule has 0 spiro atoms. The van der Waals surface area contributed by atoms with E-state index in [9.17, 15) is 18.0 Å². The highest BCUT2D eigenvalue weighted by Crippen LogP contribution is 2.24. The predicted molar refractivity (Wildman–Crippen MR) is 117 cm³/mol. The zero-order valence-corrected chi connectivity index (χ0v) is 18.1. The molecule has 0 bridgehead atoms. The summed E-state index contributed by atoms with van der Waals surface area (Å²) >= 11 is 0. The number of hydrogen-bond acceptors (Lipinski definition) is 5. The molecule has 1 aliphatic carbocycles. The molecule has 1 fully saturated rings. The summed E-state index contributed by atoms with van der Waals surface area (Å²) in [5.74, 6) is -0.239. The first-order valence-corrected chi connectivity index (χ1v) is 11.9. The largest absolute Gasteiger partial charge is 0.325 e. The molecule has 3 N–H and O–H groups in total. The summed E-state index contributed by atoms with van der Waals surface area (Å²) < 4.78 is 27.4. The maximum absolute atomic E-state index is 12.4. The van der Waals surface area contributed by atoms with E-state index in [0.29, 0.717) is 35.1 Å². The molecule has 0 atom stereocenters. The van der Waals surface area contributed by atoms with E-state index in [0.717, 1.165) is 25.7 Å². The number of hydrogen-bond donors (Lipinski definition) is 3. The minimum absolute atomic E-state index is 0.101. The number of sulfonamides is 1. The van der Waals surface area contributed by atoms with Crippen molar-refractivity contribution in [3.05, 3.63) is 46.4 Å². The van der Waals surface area contributed by atoms with Gasteiger partial charge in [-0.05, 0) is 50.2 Å². The van der Waals surface area contributed by atoms with Gasteiger partial charge in [0.2, 0.25) is 15.9 Å². The number of benzene rings is 1. The first kappa shape index (κ1) is 22.2. The number of anilines is 1. The molecule has 1 heterocycles. The Morgan fingerprint density at radius 1 is 1.20 bits per heavy atom. The van der Waals surface area contributed by atoms with Crippen LogP contribution in [0.4, 0.5) is 5.69 Å². The summed E-state index contributed by atoms with van der Waals surface area (Å²) in [6, 6.07) is 8.12. The third-order valence-electron chi connectivity index (χ3n) is 5.26. The summed E-state index contributed by atoms with van der Waals surface area (Å²) in [7, 11) is -3.72. The van der Waals surface area contributed by atoms with E-state index in [-0.39, 0.29) is 11.6 Å². The van der Waals surface area contributed by atoms with E-state index in [2.05, 4.69) is 26.9 Å². The molecule has 1 saturated carbocycles. The standard InChI is InChI=1S/C21H28N4O4S/c1-3-16-12-19(26)24-21(23-16)15-5-4-6-18(11-15)22-20(27)13-30(28,29)25-17-9-7-14(2)8-10-17/h4-6,11-12,14,17,25H,3,7-10,13H2,1-2H3,(H,22,27)(H,23,24,26). The van der Waals surface area contributed by atoms with Crippen LogP contribution in [0.1, 0.15) is 45.2 Å². The zero-order chi connectivity index (χ0) is 21.7. The lowest BCUT2D eigenvalue weighted by molar-refractivity contribution is -0.113. The number of aromatic nitrogens is 2. The first-order valence-electron chi connectivity index (χ1n) is 10.2. The van der Waals surface area contributed by atoms with Crippen molar-refractivity contribution in [1.82, 2.24) is 14.7 Å². The van der Waals surface area contributed by atoms with Crippen molar-refractivity contribution >= 4 is 21.6 Å². The van der Waals surface area contributed by atoms with Crippen LogP contribution in [0.5, 0.6) is 0 Å². The topological polar surface area (TPSA) is 121 Å². The van der Waals surface area contributed by atoms with E-state index in [1.165, 1.54) is 6.07 Å². The maximum Gasteiger partial charge on any atom is 0.251 e. The van der Waals surface area contributed by atoms with Crippen molar-refractivity contribution in [2.24, 2.45) is 5.92 Å². The Bertz CT molecular complexity index is 1060. The van der Waals surface area contributed by atoms with Crippen LogP contribution in [0.3, 0.4) is 0 Å². The Balaban J connectivity index is 1.65. The monoisotopic (exact) mass is 432 g/mol. The van der Waals surface area contributed by atoms with Gasteiger partial charge in [-0.2, -0.15) is 0 Å². The lowest BCUT2D eigenvalue weighted by atomic mass is 9.88. The van der Waals surface area contributed by atoms with E-state index in [4.69, 9.17) is 0 Å². The highest BCUT2D eigenvalue weighted by Gasteiger charge is 2.24. The molecular weight excluding hydrogens is 404 g/mol. The fraction of sp³-hybridized carbons (Fsp3) is 0.476. The van der Waals surface area contributed by atoms with Crippen molar-refractivity contribution in [2.75, 3.05) is 11.1 Å². The molecule has 162 valence electrons. The molecule has 1 aliphatic rings. The van der Waals surface area contributed by atoms with Crippen molar-refractivity contribution < 1.29 is 13.2 Å². The normalized spacial score (nSPS) is 19.4. The van der Waals surface area contributed by atoms with Gasteiger partial charge in [0.15, 0.2) is 0 Å². The van der Waals surface area contributed by atoms with Crippen LogP contribution >= 0.6 is 0 Å². The molecule has 1 aromatic carbocycles. The molecule has 30 heavy (non-hydrogen) atoms. The first-order chi connectivity index (χ1) is 14.2. The van der Waals surface area contributed by atoms with E-state index >= 15 is 0 Å². The Morgan fingerprint density at radius 3 is 2.63 bits per heavy atom. The molecule has 0 aliphatic heterocycles. The van der Waals surface area contributed by atoms with Crippen molar-refractivity contribution in [3.63, 3.8) is 0 Å². The Labute approximate surface area is 176 Å². The maximum atomic E-state index is 12.4. The van der Waals surface area contributed by atoms with Crippen molar-refractivity contribution in [1.29, 1.82) is 0 Å². The number of amides is 1. The highest BCUT2D eigenvalue weighted by molar-refractivity contribution is 7.90. The van der Waals surface area contributed by atoms with Gasteiger partial charge in [0.25, 0.3) is 5.56 Å². The van der Waals surface area contributed by atoms with Gasteiger partial charge in [-0.15, -0.1) is 0 Å². The molecule has 2 aromatic rings. The molecule has 1 aromatic heterocycles. The SMILES string of the molecule is CCc1cc(=O)[nH]c(-c2cccc(NC(=O)CS(=O)(=O)NC3CCC(C)CC3)c2)n1. The van der Waals surface area contributed by atoms with Crippen LogP contribution in [0.2, 0.25) is 0 Å².